The van der Waals surface area contributed by atoms with Gasteiger partial charge in [0.15, 0.2) is 0 Å². The average molecular weight is 381 g/mol. The predicted molar refractivity (Wildman–Crippen MR) is 98.2 cm³/mol. The molecule has 9 heteroatoms. The highest BCUT2D eigenvalue weighted by molar-refractivity contribution is 7.94. The Morgan fingerprint density at radius 2 is 2.15 bits per heavy atom. The van der Waals surface area contributed by atoms with Crippen molar-refractivity contribution in [3.8, 4) is 5.75 Å². The molecule has 1 aliphatic carbocycles. The fourth-order valence-electron chi connectivity index (χ4n) is 4.13. The molecule has 1 saturated carbocycles. The summed E-state index contributed by atoms with van der Waals surface area (Å²) in [5.74, 6) is 1.69. The number of aromatic nitrogens is 2. The van der Waals surface area contributed by atoms with E-state index in [1.807, 2.05) is 18.2 Å². The number of hydrogen-bond donors (Lipinski definition) is 1. The molecular formula is C17H21F2N5OS. The van der Waals surface area contributed by atoms with Gasteiger partial charge in [-0.15, -0.1) is 0 Å². The third-order valence-electron chi connectivity index (χ3n) is 5.37. The quantitative estimate of drug-likeness (QED) is 0.772. The van der Waals surface area contributed by atoms with Gasteiger partial charge in [-0.3, -0.25) is 5.14 Å². The molecule has 1 saturated heterocycles. The maximum atomic E-state index is 12.6. The maximum absolute atomic E-state index is 12.6. The van der Waals surface area contributed by atoms with Crippen molar-refractivity contribution in [3.63, 3.8) is 0 Å². The highest BCUT2D eigenvalue weighted by atomic mass is 32.2. The van der Waals surface area contributed by atoms with Crippen LogP contribution in [0.2, 0.25) is 0 Å². The van der Waals surface area contributed by atoms with Crippen molar-refractivity contribution in [1.82, 2.24) is 14.3 Å². The molecule has 2 aromatic rings. The molecule has 0 bridgehead atoms. The summed E-state index contributed by atoms with van der Waals surface area (Å²) >= 11 is 0.927. The van der Waals surface area contributed by atoms with Crippen molar-refractivity contribution in [2.45, 2.75) is 25.3 Å². The Labute approximate surface area is 155 Å². The summed E-state index contributed by atoms with van der Waals surface area (Å²) in [6, 6.07) is 5.92. The van der Waals surface area contributed by atoms with Crippen molar-refractivity contribution in [1.29, 1.82) is 0 Å². The van der Waals surface area contributed by atoms with Gasteiger partial charge in [0.2, 0.25) is 0 Å². The summed E-state index contributed by atoms with van der Waals surface area (Å²) in [5, 5.41) is 6.55. The van der Waals surface area contributed by atoms with Gasteiger partial charge in [-0.25, -0.2) is 23.1 Å². The molecule has 2 fully saturated rings. The highest BCUT2D eigenvalue weighted by Gasteiger charge is 2.54. The molecule has 0 amide bonds. The summed E-state index contributed by atoms with van der Waals surface area (Å²) in [4.78, 5) is 11.0. The van der Waals surface area contributed by atoms with Gasteiger partial charge in [0, 0.05) is 48.1 Å². The SMILES string of the molecule is COc1ccc2c(N3CC4(CC(N(CC(F)F)SN)C4)C3)ncnc2c1. The van der Waals surface area contributed by atoms with Crippen molar-refractivity contribution in [2.24, 2.45) is 10.6 Å². The molecule has 140 valence electrons. The number of methoxy groups -OCH3 is 1. The topological polar surface area (TPSA) is 67.5 Å². The van der Waals surface area contributed by atoms with Gasteiger partial charge in [-0.2, -0.15) is 0 Å². The molecular weight excluding hydrogens is 360 g/mol. The van der Waals surface area contributed by atoms with Crippen LogP contribution in [0.3, 0.4) is 0 Å². The second-order valence-electron chi connectivity index (χ2n) is 7.09. The lowest BCUT2D eigenvalue weighted by Gasteiger charge is -2.61. The number of halogens is 2. The van der Waals surface area contributed by atoms with Crippen molar-refractivity contribution in [2.75, 3.05) is 31.6 Å². The van der Waals surface area contributed by atoms with Crippen molar-refractivity contribution < 1.29 is 13.5 Å². The predicted octanol–water partition coefficient (Wildman–Crippen LogP) is 2.70. The van der Waals surface area contributed by atoms with Crippen LogP contribution < -0.4 is 14.8 Å². The zero-order valence-electron chi connectivity index (χ0n) is 14.4. The Morgan fingerprint density at radius 1 is 1.38 bits per heavy atom. The first-order valence-electron chi connectivity index (χ1n) is 8.49. The fourth-order valence-corrected chi connectivity index (χ4v) is 4.65. The van der Waals surface area contributed by atoms with Crippen LogP contribution in [-0.2, 0) is 0 Å². The van der Waals surface area contributed by atoms with E-state index in [-0.39, 0.29) is 18.0 Å². The molecule has 26 heavy (non-hydrogen) atoms. The number of nitrogens with two attached hydrogens (primary N) is 1. The van der Waals surface area contributed by atoms with Gasteiger partial charge in [-0.1, -0.05) is 0 Å². The molecule has 0 unspecified atom stereocenters. The Kier molecular flexibility index (Phi) is 4.62. The molecule has 6 nitrogen and oxygen atoms in total. The molecule has 0 radical (unpaired) electrons. The van der Waals surface area contributed by atoms with E-state index < -0.39 is 6.43 Å². The number of rotatable bonds is 6. The summed E-state index contributed by atoms with van der Waals surface area (Å²) in [7, 11) is 1.63. The first-order valence-corrected chi connectivity index (χ1v) is 9.32. The molecule has 2 heterocycles. The van der Waals surface area contributed by atoms with Crippen molar-refractivity contribution >= 4 is 28.9 Å². The van der Waals surface area contributed by atoms with Crippen LogP contribution in [0.15, 0.2) is 24.5 Å². The minimum atomic E-state index is -2.36. The van der Waals surface area contributed by atoms with Crippen LogP contribution in [-0.4, -0.2) is 53.5 Å². The first kappa shape index (κ1) is 17.7. The Balaban J connectivity index is 1.42. The van der Waals surface area contributed by atoms with E-state index in [0.29, 0.717) is 0 Å². The number of ether oxygens (including phenoxy) is 1. The van der Waals surface area contributed by atoms with E-state index in [1.54, 1.807) is 17.7 Å². The molecule has 1 spiro atoms. The summed E-state index contributed by atoms with van der Waals surface area (Å²) in [6.45, 7) is 1.50. The zero-order chi connectivity index (χ0) is 18.3. The van der Waals surface area contributed by atoms with E-state index in [0.717, 1.165) is 60.5 Å². The lowest BCUT2D eigenvalue weighted by atomic mass is 9.60. The van der Waals surface area contributed by atoms with Crippen molar-refractivity contribution in [3.05, 3.63) is 24.5 Å². The fraction of sp³-hybridized carbons (Fsp3) is 0.529. The lowest BCUT2D eigenvalue weighted by molar-refractivity contribution is -0.000193. The molecule has 1 aromatic carbocycles. The summed E-state index contributed by atoms with van der Waals surface area (Å²) in [5.41, 5.74) is 1.05. The standard InChI is InChI=1S/C17H21F2N5OS/c1-25-12-2-3-13-14(4-12)21-10-22-16(13)23-8-17(9-23)5-11(6-17)24(26-20)7-15(18)19/h2-4,10-11,15H,5-9,20H2,1H3. The van der Waals surface area contributed by atoms with Gasteiger partial charge < -0.3 is 9.64 Å². The molecule has 0 atom stereocenters. The van der Waals surface area contributed by atoms with E-state index in [2.05, 4.69) is 14.9 Å². The monoisotopic (exact) mass is 381 g/mol. The minimum Gasteiger partial charge on any atom is -0.497 e. The van der Waals surface area contributed by atoms with Gasteiger partial charge in [-0.05, 0) is 25.0 Å². The summed E-state index contributed by atoms with van der Waals surface area (Å²) < 4.78 is 32.1. The van der Waals surface area contributed by atoms with E-state index >= 15 is 0 Å². The van der Waals surface area contributed by atoms with Gasteiger partial charge in [0.25, 0.3) is 6.43 Å². The van der Waals surface area contributed by atoms with Crippen LogP contribution in [0.4, 0.5) is 14.6 Å². The van der Waals surface area contributed by atoms with Crippen LogP contribution in [0.25, 0.3) is 10.9 Å². The third kappa shape index (κ3) is 3.08. The van der Waals surface area contributed by atoms with E-state index in [4.69, 9.17) is 9.88 Å². The molecule has 1 aromatic heterocycles. The molecule has 1 aliphatic heterocycles. The zero-order valence-corrected chi connectivity index (χ0v) is 15.3. The number of hydrogen-bond acceptors (Lipinski definition) is 7. The minimum absolute atomic E-state index is 0.132. The number of nitrogens with zero attached hydrogens (tertiary/aromatic N) is 4. The smallest absolute Gasteiger partial charge is 0.252 e. The summed E-state index contributed by atoms with van der Waals surface area (Å²) in [6.07, 6.45) is 1.01. The maximum Gasteiger partial charge on any atom is 0.252 e. The highest BCUT2D eigenvalue weighted by Crippen LogP contribution is 2.52. The van der Waals surface area contributed by atoms with Crippen LogP contribution in [0.5, 0.6) is 5.75 Å². The number of anilines is 1. The Morgan fingerprint density at radius 3 is 2.81 bits per heavy atom. The lowest BCUT2D eigenvalue weighted by Crippen LogP contribution is -2.66. The van der Waals surface area contributed by atoms with Crippen LogP contribution in [0, 0.1) is 5.41 Å². The van der Waals surface area contributed by atoms with Gasteiger partial charge in [0.05, 0.1) is 19.2 Å². The van der Waals surface area contributed by atoms with Crippen LogP contribution in [0.1, 0.15) is 12.8 Å². The largest absolute Gasteiger partial charge is 0.497 e. The normalized spacial score (nSPS) is 19.2. The second kappa shape index (κ2) is 6.79. The average Bonchev–Trinajstić information content (AvgIpc) is 2.57. The van der Waals surface area contributed by atoms with Gasteiger partial charge in [0.1, 0.15) is 17.9 Å². The molecule has 2 N–H and O–H groups in total. The van der Waals surface area contributed by atoms with Crippen LogP contribution >= 0.6 is 12.1 Å². The number of alkyl halides is 2. The molecule has 4 rings (SSSR count). The first-order chi connectivity index (χ1) is 12.5. The second-order valence-corrected chi connectivity index (χ2v) is 7.77. The number of fused-ring (bicyclic) bond motifs is 1. The Hall–Kier alpha value is -1.71. The third-order valence-corrected chi connectivity index (χ3v) is 6.09. The molecule has 2 aliphatic rings. The van der Waals surface area contributed by atoms with Gasteiger partial charge >= 0.3 is 0 Å². The van der Waals surface area contributed by atoms with E-state index in [9.17, 15) is 8.78 Å². The Bertz CT molecular complexity index is 794. The number of benzene rings is 1. The van der Waals surface area contributed by atoms with E-state index in [1.165, 1.54) is 0 Å².